The van der Waals surface area contributed by atoms with E-state index in [0.29, 0.717) is 12.0 Å². The number of unbranched alkanes of at least 4 members (excludes halogenated alkanes) is 2. The second-order valence-corrected chi connectivity index (χ2v) is 4.26. The van der Waals surface area contributed by atoms with Gasteiger partial charge in [-0.15, -0.1) is 0 Å². The van der Waals surface area contributed by atoms with Gasteiger partial charge in [0.1, 0.15) is 6.04 Å². The Labute approximate surface area is 106 Å². The summed E-state index contributed by atoms with van der Waals surface area (Å²) in [5.74, 6) is -1.39. The highest BCUT2D eigenvalue weighted by molar-refractivity contribution is 5.96. The van der Waals surface area contributed by atoms with Crippen molar-refractivity contribution in [3.63, 3.8) is 0 Å². The lowest BCUT2D eigenvalue weighted by Crippen LogP contribution is -2.40. The smallest absolute Gasteiger partial charge is 0.326 e. The second kappa shape index (κ2) is 6.78. The normalized spacial score (nSPS) is 12.1. The molecule has 6 nitrogen and oxygen atoms in total. The number of aryl methyl sites for hydroxylation is 1. The second-order valence-electron chi connectivity index (χ2n) is 4.26. The third kappa shape index (κ3) is 4.20. The first-order chi connectivity index (χ1) is 8.54. The number of carboxylic acid groups (broad SMARTS) is 1. The molecule has 6 heteroatoms. The number of nitrogens with one attached hydrogen (secondary N) is 1. The highest BCUT2D eigenvalue weighted by Crippen LogP contribution is 2.05. The van der Waals surface area contributed by atoms with Gasteiger partial charge in [0.2, 0.25) is 0 Å². The van der Waals surface area contributed by atoms with Crippen LogP contribution < -0.4 is 5.32 Å². The van der Waals surface area contributed by atoms with Crippen LogP contribution in [0.4, 0.5) is 0 Å². The first-order valence-corrected chi connectivity index (χ1v) is 6.07. The molecule has 1 rings (SSSR count). The summed E-state index contributed by atoms with van der Waals surface area (Å²) in [7, 11) is 1.70. The van der Waals surface area contributed by atoms with Gasteiger partial charge in [-0.05, 0) is 6.42 Å². The molecule has 0 fully saturated rings. The Bertz CT molecular complexity index is 414. The minimum atomic E-state index is -0.997. The molecular formula is C12H19N3O3. The molecule has 0 saturated heterocycles. The Kier molecular flexibility index (Phi) is 5.35. The van der Waals surface area contributed by atoms with Crippen LogP contribution in [0.3, 0.4) is 0 Å². The van der Waals surface area contributed by atoms with Crippen molar-refractivity contribution in [1.82, 2.24) is 15.1 Å². The van der Waals surface area contributed by atoms with E-state index in [9.17, 15) is 9.59 Å². The van der Waals surface area contributed by atoms with Crippen molar-refractivity contribution >= 4 is 11.9 Å². The molecular weight excluding hydrogens is 234 g/mol. The lowest BCUT2D eigenvalue weighted by atomic mass is 10.1. The van der Waals surface area contributed by atoms with Crippen molar-refractivity contribution in [2.24, 2.45) is 7.05 Å². The predicted molar refractivity (Wildman–Crippen MR) is 66.2 cm³/mol. The van der Waals surface area contributed by atoms with Crippen molar-refractivity contribution in [1.29, 1.82) is 0 Å². The van der Waals surface area contributed by atoms with Crippen molar-refractivity contribution in [3.05, 3.63) is 18.0 Å². The molecule has 0 spiro atoms. The minimum Gasteiger partial charge on any atom is -0.480 e. The summed E-state index contributed by atoms with van der Waals surface area (Å²) in [5, 5.41) is 15.4. The topological polar surface area (TPSA) is 84.2 Å². The average Bonchev–Trinajstić information content (AvgIpc) is 2.74. The van der Waals surface area contributed by atoms with Gasteiger partial charge in [0.25, 0.3) is 5.91 Å². The number of rotatable bonds is 7. The summed E-state index contributed by atoms with van der Waals surface area (Å²) in [6, 6.07) is -0.829. The van der Waals surface area contributed by atoms with Gasteiger partial charge in [-0.2, -0.15) is 5.10 Å². The maximum Gasteiger partial charge on any atom is 0.326 e. The fourth-order valence-corrected chi connectivity index (χ4v) is 1.64. The molecule has 0 aromatic carbocycles. The summed E-state index contributed by atoms with van der Waals surface area (Å²) in [5.41, 5.74) is 0.374. The zero-order valence-corrected chi connectivity index (χ0v) is 10.7. The Morgan fingerprint density at radius 2 is 2.22 bits per heavy atom. The van der Waals surface area contributed by atoms with Gasteiger partial charge in [-0.1, -0.05) is 26.2 Å². The number of carboxylic acids is 1. The Hall–Kier alpha value is -1.85. The average molecular weight is 253 g/mol. The molecule has 0 aliphatic heterocycles. The van der Waals surface area contributed by atoms with Crippen LogP contribution in [-0.4, -0.2) is 32.8 Å². The van der Waals surface area contributed by atoms with E-state index in [1.165, 1.54) is 10.9 Å². The summed E-state index contributed by atoms with van der Waals surface area (Å²) >= 11 is 0. The van der Waals surface area contributed by atoms with E-state index in [0.717, 1.165) is 19.3 Å². The van der Waals surface area contributed by atoms with E-state index in [1.54, 1.807) is 13.2 Å². The zero-order valence-electron chi connectivity index (χ0n) is 10.7. The standard InChI is InChI=1S/C12H19N3O3/c1-3-4-5-6-10(12(17)18)14-11(16)9-7-13-15(2)8-9/h7-8,10H,3-6H2,1-2H3,(H,14,16)(H,17,18). The number of nitrogens with zero attached hydrogens (tertiary/aromatic N) is 2. The van der Waals surface area contributed by atoms with E-state index in [-0.39, 0.29) is 0 Å². The van der Waals surface area contributed by atoms with E-state index in [4.69, 9.17) is 5.11 Å². The van der Waals surface area contributed by atoms with Crippen molar-refractivity contribution < 1.29 is 14.7 Å². The van der Waals surface area contributed by atoms with Crippen LogP contribution in [0.15, 0.2) is 12.4 Å². The molecule has 1 unspecified atom stereocenters. The molecule has 2 N–H and O–H groups in total. The molecule has 18 heavy (non-hydrogen) atoms. The molecule has 1 aromatic heterocycles. The molecule has 0 saturated carbocycles. The Morgan fingerprint density at radius 1 is 1.50 bits per heavy atom. The van der Waals surface area contributed by atoms with Gasteiger partial charge >= 0.3 is 5.97 Å². The Morgan fingerprint density at radius 3 is 2.72 bits per heavy atom. The number of aliphatic carboxylic acids is 1. The molecule has 0 aliphatic carbocycles. The number of hydrogen-bond donors (Lipinski definition) is 2. The zero-order chi connectivity index (χ0) is 13.5. The molecule has 100 valence electrons. The number of aromatic nitrogens is 2. The van der Waals surface area contributed by atoms with Crippen LogP contribution >= 0.6 is 0 Å². The van der Waals surface area contributed by atoms with Gasteiger partial charge in [-0.3, -0.25) is 9.48 Å². The van der Waals surface area contributed by atoms with Gasteiger partial charge in [-0.25, -0.2) is 4.79 Å². The monoisotopic (exact) mass is 253 g/mol. The predicted octanol–water partition coefficient (Wildman–Crippen LogP) is 1.18. The van der Waals surface area contributed by atoms with Crippen LogP contribution in [0, 0.1) is 0 Å². The third-order valence-corrected chi connectivity index (χ3v) is 2.67. The van der Waals surface area contributed by atoms with Crippen LogP contribution in [0.5, 0.6) is 0 Å². The first kappa shape index (κ1) is 14.2. The van der Waals surface area contributed by atoms with Crippen molar-refractivity contribution in [2.45, 2.75) is 38.6 Å². The number of hydrogen-bond acceptors (Lipinski definition) is 3. The van der Waals surface area contributed by atoms with E-state index in [2.05, 4.69) is 10.4 Å². The lowest BCUT2D eigenvalue weighted by Gasteiger charge is -2.13. The minimum absolute atomic E-state index is 0.374. The van der Waals surface area contributed by atoms with Gasteiger partial charge in [0.05, 0.1) is 11.8 Å². The van der Waals surface area contributed by atoms with E-state index < -0.39 is 17.9 Å². The fraction of sp³-hybridized carbons (Fsp3) is 0.583. The quantitative estimate of drug-likeness (QED) is 0.715. The summed E-state index contributed by atoms with van der Waals surface area (Å²) in [4.78, 5) is 22.8. The van der Waals surface area contributed by atoms with Gasteiger partial charge in [0, 0.05) is 13.2 Å². The molecule has 0 aliphatic rings. The van der Waals surface area contributed by atoms with Crippen LogP contribution in [-0.2, 0) is 11.8 Å². The number of carbonyl (C=O) groups excluding carboxylic acids is 1. The van der Waals surface area contributed by atoms with E-state index in [1.807, 2.05) is 6.92 Å². The molecule has 0 bridgehead atoms. The first-order valence-electron chi connectivity index (χ1n) is 6.07. The van der Waals surface area contributed by atoms with Crippen molar-refractivity contribution in [3.8, 4) is 0 Å². The highest BCUT2D eigenvalue weighted by atomic mass is 16.4. The fourth-order valence-electron chi connectivity index (χ4n) is 1.64. The van der Waals surface area contributed by atoms with Crippen LogP contribution in [0.2, 0.25) is 0 Å². The van der Waals surface area contributed by atoms with Crippen LogP contribution in [0.1, 0.15) is 43.0 Å². The summed E-state index contributed by atoms with van der Waals surface area (Å²) < 4.78 is 1.50. The summed E-state index contributed by atoms with van der Waals surface area (Å²) in [6.07, 6.45) is 6.20. The van der Waals surface area contributed by atoms with Gasteiger partial charge in [0.15, 0.2) is 0 Å². The van der Waals surface area contributed by atoms with Crippen molar-refractivity contribution in [2.75, 3.05) is 0 Å². The lowest BCUT2D eigenvalue weighted by molar-refractivity contribution is -0.139. The molecule has 1 amide bonds. The largest absolute Gasteiger partial charge is 0.480 e. The van der Waals surface area contributed by atoms with Gasteiger partial charge < -0.3 is 10.4 Å². The summed E-state index contributed by atoms with van der Waals surface area (Å²) in [6.45, 7) is 2.05. The molecule has 1 atom stereocenters. The maximum atomic E-state index is 11.8. The van der Waals surface area contributed by atoms with E-state index >= 15 is 0 Å². The highest BCUT2D eigenvalue weighted by Gasteiger charge is 2.20. The number of amides is 1. The molecule has 1 aromatic rings. The molecule has 0 radical (unpaired) electrons. The Balaban J connectivity index is 2.55. The maximum absolute atomic E-state index is 11.8. The van der Waals surface area contributed by atoms with Crippen LogP contribution in [0.25, 0.3) is 0 Å². The third-order valence-electron chi connectivity index (χ3n) is 2.67. The number of carbonyl (C=O) groups is 2. The SMILES string of the molecule is CCCCCC(NC(=O)c1cnn(C)c1)C(=O)O. The molecule has 1 heterocycles.